The smallest absolute Gasteiger partial charge is 0.251 e. The van der Waals surface area contributed by atoms with E-state index in [0.29, 0.717) is 18.5 Å². The van der Waals surface area contributed by atoms with Crippen LogP contribution in [0.25, 0.3) is 10.8 Å². The maximum Gasteiger partial charge on any atom is 0.251 e. The van der Waals surface area contributed by atoms with Crippen LogP contribution in [0.15, 0.2) is 66.7 Å². The molecule has 1 heterocycles. The van der Waals surface area contributed by atoms with Gasteiger partial charge in [-0.25, -0.2) is 0 Å². The number of ether oxygens (including phenoxy) is 1. The Morgan fingerprint density at radius 3 is 2.52 bits per heavy atom. The molecule has 1 atom stereocenters. The Hall–Kier alpha value is -3.34. The molecule has 1 fully saturated rings. The fourth-order valence-corrected chi connectivity index (χ4v) is 3.42. The molecule has 27 heavy (non-hydrogen) atoms. The van der Waals surface area contributed by atoms with Crippen LogP contribution in [0.3, 0.4) is 0 Å². The van der Waals surface area contributed by atoms with E-state index >= 15 is 0 Å². The predicted molar refractivity (Wildman–Crippen MR) is 105 cm³/mol. The zero-order valence-electron chi connectivity index (χ0n) is 15.0. The fraction of sp³-hybridized carbons (Fsp3) is 0.182. The van der Waals surface area contributed by atoms with Crippen molar-refractivity contribution in [3.63, 3.8) is 0 Å². The molecule has 5 heteroatoms. The van der Waals surface area contributed by atoms with Gasteiger partial charge in [-0.1, -0.05) is 30.3 Å². The number of nitrogens with one attached hydrogen (secondary N) is 1. The Bertz CT molecular complexity index is 998. The van der Waals surface area contributed by atoms with E-state index in [1.165, 1.54) is 0 Å². The molecule has 2 amide bonds. The maximum absolute atomic E-state index is 12.6. The Labute approximate surface area is 157 Å². The van der Waals surface area contributed by atoms with Gasteiger partial charge in [-0.3, -0.25) is 9.59 Å². The van der Waals surface area contributed by atoms with E-state index in [-0.39, 0.29) is 17.9 Å². The third-order valence-electron chi connectivity index (χ3n) is 4.86. The second kappa shape index (κ2) is 7.11. The molecular weight excluding hydrogens is 340 g/mol. The number of hydrogen-bond donors (Lipinski definition) is 1. The second-order valence-electron chi connectivity index (χ2n) is 6.64. The van der Waals surface area contributed by atoms with Crippen LogP contribution >= 0.6 is 0 Å². The summed E-state index contributed by atoms with van der Waals surface area (Å²) in [7, 11) is 1.61. The van der Waals surface area contributed by atoms with Crippen LogP contribution in [0.4, 0.5) is 5.69 Å². The first kappa shape index (κ1) is 17.1. The lowest BCUT2D eigenvalue weighted by atomic mass is 10.1. The Morgan fingerprint density at radius 1 is 1.04 bits per heavy atom. The van der Waals surface area contributed by atoms with Gasteiger partial charge in [0.1, 0.15) is 5.75 Å². The van der Waals surface area contributed by atoms with Crippen molar-refractivity contribution in [3.05, 3.63) is 72.3 Å². The minimum absolute atomic E-state index is 0.00368. The number of anilines is 1. The van der Waals surface area contributed by atoms with Gasteiger partial charge in [0.05, 0.1) is 13.2 Å². The van der Waals surface area contributed by atoms with Crippen molar-refractivity contribution in [2.24, 2.45) is 0 Å². The summed E-state index contributed by atoms with van der Waals surface area (Å²) in [5.41, 5.74) is 1.41. The van der Waals surface area contributed by atoms with Crippen LogP contribution < -0.4 is 15.0 Å². The number of carbonyl (C=O) groups is 2. The van der Waals surface area contributed by atoms with Crippen molar-refractivity contribution < 1.29 is 14.3 Å². The average Bonchev–Trinajstić information content (AvgIpc) is 3.07. The summed E-state index contributed by atoms with van der Waals surface area (Å²) in [5.74, 6) is 0.589. The molecule has 3 aromatic rings. The van der Waals surface area contributed by atoms with E-state index in [2.05, 4.69) is 5.32 Å². The van der Waals surface area contributed by atoms with Gasteiger partial charge in [0.2, 0.25) is 5.91 Å². The monoisotopic (exact) mass is 360 g/mol. The Kier molecular flexibility index (Phi) is 4.50. The summed E-state index contributed by atoms with van der Waals surface area (Å²) in [4.78, 5) is 26.7. The van der Waals surface area contributed by atoms with Crippen molar-refractivity contribution in [2.75, 3.05) is 18.6 Å². The normalized spacial score (nSPS) is 16.6. The molecule has 0 bridgehead atoms. The van der Waals surface area contributed by atoms with Gasteiger partial charge in [-0.05, 0) is 47.2 Å². The lowest BCUT2D eigenvalue weighted by molar-refractivity contribution is -0.117. The molecule has 0 aliphatic carbocycles. The number of rotatable bonds is 4. The molecule has 0 saturated carbocycles. The second-order valence-corrected chi connectivity index (χ2v) is 6.64. The third kappa shape index (κ3) is 3.49. The SMILES string of the molecule is COc1ccc(N2CC(NC(=O)c3ccc4ccccc4c3)CC2=O)cc1. The minimum atomic E-state index is -0.210. The van der Waals surface area contributed by atoms with Crippen LogP contribution in [0, 0.1) is 0 Å². The summed E-state index contributed by atoms with van der Waals surface area (Å²) in [5, 5.41) is 5.10. The molecule has 0 aromatic heterocycles. The Morgan fingerprint density at radius 2 is 1.78 bits per heavy atom. The van der Waals surface area contributed by atoms with Crippen molar-refractivity contribution in [3.8, 4) is 5.75 Å². The number of benzene rings is 3. The number of amides is 2. The highest BCUT2D eigenvalue weighted by Crippen LogP contribution is 2.24. The standard InChI is InChI=1S/C22H20N2O3/c1-27-20-10-8-19(9-11-20)24-14-18(13-21(24)25)23-22(26)17-7-6-15-4-2-3-5-16(15)12-17/h2-12,18H,13-14H2,1H3,(H,23,26). The molecule has 1 aliphatic heterocycles. The van der Waals surface area contributed by atoms with Crippen LogP contribution in [-0.2, 0) is 4.79 Å². The average molecular weight is 360 g/mol. The Balaban J connectivity index is 1.46. The molecule has 5 nitrogen and oxygen atoms in total. The topological polar surface area (TPSA) is 58.6 Å². The molecule has 0 spiro atoms. The van der Waals surface area contributed by atoms with E-state index in [1.807, 2.05) is 66.7 Å². The molecule has 1 saturated heterocycles. The van der Waals surface area contributed by atoms with Gasteiger partial charge < -0.3 is 15.0 Å². The molecule has 1 unspecified atom stereocenters. The van der Waals surface area contributed by atoms with Gasteiger partial charge >= 0.3 is 0 Å². The lowest BCUT2D eigenvalue weighted by Crippen LogP contribution is -2.37. The van der Waals surface area contributed by atoms with Gasteiger partial charge in [0.25, 0.3) is 5.91 Å². The largest absolute Gasteiger partial charge is 0.497 e. The highest BCUT2D eigenvalue weighted by Gasteiger charge is 2.31. The van der Waals surface area contributed by atoms with Gasteiger partial charge in [0, 0.05) is 24.2 Å². The molecule has 1 aliphatic rings. The molecule has 0 radical (unpaired) electrons. The quantitative estimate of drug-likeness (QED) is 0.776. The summed E-state index contributed by atoms with van der Waals surface area (Å²) in [6.07, 6.45) is 0.297. The molecule has 4 rings (SSSR count). The van der Waals surface area contributed by atoms with Crippen molar-refractivity contribution in [1.82, 2.24) is 5.32 Å². The van der Waals surface area contributed by atoms with E-state index in [1.54, 1.807) is 12.0 Å². The van der Waals surface area contributed by atoms with E-state index in [4.69, 9.17) is 4.74 Å². The zero-order valence-corrected chi connectivity index (χ0v) is 15.0. The number of hydrogen-bond acceptors (Lipinski definition) is 3. The van der Waals surface area contributed by atoms with Crippen LogP contribution in [0.2, 0.25) is 0 Å². The van der Waals surface area contributed by atoms with Crippen LogP contribution in [-0.4, -0.2) is 31.5 Å². The van der Waals surface area contributed by atoms with Crippen LogP contribution in [0.1, 0.15) is 16.8 Å². The predicted octanol–water partition coefficient (Wildman–Crippen LogP) is 3.38. The summed E-state index contributed by atoms with van der Waals surface area (Å²) < 4.78 is 5.15. The highest BCUT2D eigenvalue weighted by atomic mass is 16.5. The molecular formula is C22H20N2O3. The molecule has 136 valence electrons. The first-order chi connectivity index (χ1) is 13.1. The maximum atomic E-state index is 12.6. The lowest BCUT2D eigenvalue weighted by Gasteiger charge is -2.17. The van der Waals surface area contributed by atoms with Crippen molar-refractivity contribution in [2.45, 2.75) is 12.5 Å². The highest BCUT2D eigenvalue weighted by molar-refractivity contribution is 6.00. The van der Waals surface area contributed by atoms with Crippen molar-refractivity contribution in [1.29, 1.82) is 0 Å². The van der Waals surface area contributed by atoms with Gasteiger partial charge in [0.15, 0.2) is 0 Å². The summed E-state index contributed by atoms with van der Waals surface area (Å²) >= 11 is 0. The number of nitrogens with zero attached hydrogens (tertiary/aromatic N) is 1. The number of methoxy groups -OCH3 is 1. The zero-order chi connectivity index (χ0) is 18.8. The first-order valence-corrected chi connectivity index (χ1v) is 8.88. The summed E-state index contributed by atoms with van der Waals surface area (Å²) in [6.45, 7) is 0.463. The summed E-state index contributed by atoms with van der Waals surface area (Å²) in [6, 6.07) is 20.7. The number of carbonyl (C=O) groups excluding carboxylic acids is 2. The van der Waals surface area contributed by atoms with Crippen LogP contribution in [0.5, 0.6) is 5.75 Å². The van der Waals surface area contributed by atoms with Gasteiger partial charge in [-0.2, -0.15) is 0 Å². The van der Waals surface area contributed by atoms with Gasteiger partial charge in [-0.15, -0.1) is 0 Å². The molecule has 1 N–H and O–H groups in total. The van der Waals surface area contributed by atoms with E-state index in [9.17, 15) is 9.59 Å². The van der Waals surface area contributed by atoms with Crippen molar-refractivity contribution >= 4 is 28.3 Å². The number of fused-ring (bicyclic) bond motifs is 1. The first-order valence-electron chi connectivity index (χ1n) is 8.88. The fourth-order valence-electron chi connectivity index (χ4n) is 3.42. The minimum Gasteiger partial charge on any atom is -0.497 e. The molecule has 3 aromatic carbocycles. The third-order valence-corrected chi connectivity index (χ3v) is 4.86. The van der Waals surface area contributed by atoms with E-state index in [0.717, 1.165) is 22.2 Å². The van der Waals surface area contributed by atoms with E-state index < -0.39 is 0 Å².